The first-order chi connectivity index (χ1) is 10.4. The molecule has 5 nitrogen and oxygen atoms in total. The maximum Gasteiger partial charge on any atom is 0.471 e. The van der Waals surface area contributed by atoms with Gasteiger partial charge in [-0.3, -0.25) is 4.79 Å². The number of likely N-dealkylation sites (tertiary alicyclic amines) is 1. The van der Waals surface area contributed by atoms with Crippen molar-refractivity contribution in [2.24, 2.45) is 0 Å². The maximum atomic E-state index is 12.4. The molecule has 0 bridgehead atoms. The molecule has 22 heavy (non-hydrogen) atoms. The van der Waals surface area contributed by atoms with Crippen molar-refractivity contribution in [2.45, 2.75) is 25.6 Å². The summed E-state index contributed by atoms with van der Waals surface area (Å²) >= 11 is 0. The van der Waals surface area contributed by atoms with Crippen LogP contribution < -0.4 is 0 Å². The second-order valence-electron chi connectivity index (χ2n) is 5.04. The minimum atomic E-state index is -4.65. The molecule has 0 radical (unpaired) electrons. The molecular weight excluding hydrogens is 299 g/mol. The van der Waals surface area contributed by atoms with Crippen molar-refractivity contribution < 1.29 is 22.5 Å². The second-order valence-corrected chi connectivity index (χ2v) is 5.04. The molecular formula is C14H12F3N3O2. The fourth-order valence-corrected chi connectivity index (χ4v) is 2.31. The highest BCUT2D eigenvalue weighted by Crippen LogP contribution is 2.29. The van der Waals surface area contributed by atoms with E-state index in [0.29, 0.717) is 18.5 Å². The lowest BCUT2D eigenvalue weighted by Gasteiger charge is -2.15. The van der Waals surface area contributed by atoms with E-state index in [1.165, 1.54) is 0 Å². The summed E-state index contributed by atoms with van der Waals surface area (Å²) in [4.78, 5) is 16.6. The molecule has 2 aromatic rings. The van der Waals surface area contributed by atoms with Crippen LogP contribution in [0.4, 0.5) is 13.2 Å². The zero-order valence-electron chi connectivity index (χ0n) is 11.4. The Hall–Kier alpha value is -2.38. The molecule has 3 rings (SSSR count). The van der Waals surface area contributed by atoms with Gasteiger partial charge in [0.2, 0.25) is 11.7 Å². The quantitative estimate of drug-likeness (QED) is 0.874. The lowest BCUT2D eigenvalue weighted by Crippen LogP contribution is -2.23. The lowest BCUT2D eigenvalue weighted by atomic mass is 10.1. The SMILES string of the molecule is O=C1CCCN1Cc1ccc(-c2noc(C(F)(F)F)n2)cc1. The molecule has 1 amide bonds. The van der Waals surface area contributed by atoms with Gasteiger partial charge in [0.1, 0.15) is 0 Å². The standard InChI is InChI=1S/C14H12F3N3O2/c15-14(16,17)13-18-12(19-22-13)10-5-3-9(4-6-10)8-20-7-1-2-11(20)21/h3-6H,1-2,7-8H2. The molecule has 1 aromatic heterocycles. The Kier molecular flexibility index (Phi) is 3.59. The predicted octanol–water partition coefficient (Wildman–Crippen LogP) is 2.88. The van der Waals surface area contributed by atoms with Crippen molar-refractivity contribution in [2.75, 3.05) is 6.54 Å². The molecule has 8 heteroatoms. The first-order valence-corrected chi connectivity index (χ1v) is 6.71. The minimum Gasteiger partial charge on any atom is -0.338 e. The van der Waals surface area contributed by atoms with Crippen LogP contribution >= 0.6 is 0 Å². The Morgan fingerprint density at radius 1 is 1.23 bits per heavy atom. The van der Waals surface area contributed by atoms with E-state index in [0.717, 1.165) is 18.5 Å². The number of benzene rings is 1. The highest BCUT2D eigenvalue weighted by molar-refractivity contribution is 5.78. The minimum absolute atomic E-state index is 0.115. The largest absolute Gasteiger partial charge is 0.471 e. The Labute approximate surface area is 123 Å². The molecule has 1 saturated heterocycles. The van der Waals surface area contributed by atoms with E-state index in [-0.39, 0.29) is 11.7 Å². The Morgan fingerprint density at radius 3 is 2.50 bits per heavy atom. The smallest absolute Gasteiger partial charge is 0.338 e. The van der Waals surface area contributed by atoms with E-state index < -0.39 is 12.1 Å². The van der Waals surface area contributed by atoms with Crippen LogP contribution in [0, 0.1) is 0 Å². The highest BCUT2D eigenvalue weighted by Gasteiger charge is 2.38. The zero-order chi connectivity index (χ0) is 15.7. The van der Waals surface area contributed by atoms with Crippen LogP contribution in [0.2, 0.25) is 0 Å². The van der Waals surface area contributed by atoms with Crippen molar-refractivity contribution in [3.63, 3.8) is 0 Å². The van der Waals surface area contributed by atoms with E-state index in [9.17, 15) is 18.0 Å². The molecule has 0 N–H and O–H groups in total. The first-order valence-electron chi connectivity index (χ1n) is 6.71. The molecule has 0 aliphatic carbocycles. The van der Waals surface area contributed by atoms with E-state index >= 15 is 0 Å². The Bertz CT molecular complexity index is 679. The number of carbonyl (C=O) groups excluding carboxylic acids is 1. The number of rotatable bonds is 3. The van der Waals surface area contributed by atoms with Crippen LogP contribution in [0.1, 0.15) is 24.3 Å². The number of halogens is 3. The number of hydrogen-bond donors (Lipinski definition) is 0. The molecule has 0 saturated carbocycles. The maximum absolute atomic E-state index is 12.4. The van der Waals surface area contributed by atoms with E-state index in [1.807, 2.05) is 0 Å². The number of nitrogens with zero attached hydrogens (tertiary/aromatic N) is 3. The van der Waals surface area contributed by atoms with Gasteiger partial charge in [0, 0.05) is 25.1 Å². The van der Waals surface area contributed by atoms with Gasteiger partial charge >= 0.3 is 12.1 Å². The van der Waals surface area contributed by atoms with Crippen molar-refractivity contribution in [3.8, 4) is 11.4 Å². The van der Waals surface area contributed by atoms with Gasteiger partial charge < -0.3 is 9.42 Å². The van der Waals surface area contributed by atoms with Crippen LogP contribution in [0.15, 0.2) is 28.8 Å². The number of alkyl halides is 3. The second kappa shape index (κ2) is 5.43. The summed E-state index contributed by atoms with van der Waals surface area (Å²) in [7, 11) is 0. The van der Waals surface area contributed by atoms with Crippen LogP contribution in [-0.4, -0.2) is 27.5 Å². The number of hydrogen-bond acceptors (Lipinski definition) is 4. The van der Waals surface area contributed by atoms with Gasteiger partial charge in [-0.25, -0.2) is 0 Å². The van der Waals surface area contributed by atoms with Gasteiger partial charge in [-0.15, -0.1) is 0 Å². The van der Waals surface area contributed by atoms with Crippen LogP contribution in [0.25, 0.3) is 11.4 Å². The molecule has 1 aliphatic heterocycles. The van der Waals surface area contributed by atoms with Gasteiger partial charge in [0.15, 0.2) is 0 Å². The summed E-state index contributed by atoms with van der Waals surface area (Å²) in [5, 5.41) is 3.33. The fraction of sp³-hybridized carbons (Fsp3) is 0.357. The van der Waals surface area contributed by atoms with Gasteiger partial charge in [-0.05, 0) is 12.0 Å². The van der Waals surface area contributed by atoms with E-state index in [4.69, 9.17) is 0 Å². The zero-order valence-corrected chi connectivity index (χ0v) is 11.4. The summed E-state index contributed by atoms with van der Waals surface area (Å²) in [5.74, 6) is -1.36. The average Bonchev–Trinajstić information content (AvgIpc) is 3.09. The summed E-state index contributed by atoms with van der Waals surface area (Å²) in [6.07, 6.45) is -3.22. The average molecular weight is 311 g/mol. The van der Waals surface area contributed by atoms with Gasteiger partial charge in [0.25, 0.3) is 0 Å². The monoisotopic (exact) mass is 311 g/mol. The molecule has 1 fully saturated rings. The third kappa shape index (κ3) is 2.95. The molecule has 1 aromatic carbocycles. The van der Waals surface area contributed by atoms with Gasteiger partial charge in [-0.2, -0.15) is 18.2 Å². The van der Waals surface area contributed by atoms with E-state index in [1.54, 1.807) is 29.2 Å². The molecule has 1 aliphatic rings. The molecule has 0 unspecified atom stereocenters. The molecule has 0 spiro atoms. The number of carbonyl (C=O) groups is 1. The van der Waals surface area contributed by atoms with Gasteiger partial charge in [-0.1, -0.05) is 29.4 Å². The van der Waals surface area contributed by atoms with Crippen LogP contribution in [0.5, 0.6) is 0 Å². The summed E-state index contributed by atoms with van der Waals surface area (Å²) in [6.45, 7) is 1.24. The van der Waals surface area contributed by atoms with Crippen LogP contribution in [-0.2, 0) is 17.5 Å². The van der Waals surface area contributed by atoms with Gasteiger partial charge in [0.05, 0.1) is 0 Å². The summed E-state index contributed by atoms with van der Waals surface area (Å²) in [5.41, 5.74) is 1.33. The summed E-state index contributed by atoms with van der Waals surface area (Å²) < 4.78 is 41.4. The Morgan fingerprint density at radius 2 is 1.95 bits per heavy atom. The molecule has 2 heterocycles. The van der Waals surface area contributed by atoms with Crippen molar-refractivity contribution in [1.29, 1.82) is 0 Å². The topological polar surface area (TPSA) is 59.2 Å². The van der Waals surface area contributed by atoms with Crippen LogP contribution in [0.3, 0.4) is 0 Å². The fourth-order valence-electron chi connectivity index (χ4n) is 2.31. The highest BCUT2D eigenvalue weighted by atomic mass is 19.4. The third-order valence-corrected chi connectivity index (χ3v) is 3.43. The molecule has 0 atom stereocenters. The Balaban J connectivity index is 1.74. The van der Waals surface area contributed by atoms with Crippen molar-refractivity contribution in [1.82, 2.24) is 15.0 Å². The predicted molar refractivity (Wildman–Crippen MR) is 69.4 cm³/mol. The third-order valence-electron chi connectivity index (χ3n) is 3.43. The number of amides is 1. The van der Waals surface area contributed by atoms with Crippen molar-refractivity contribution in [3.05, 3.63) is 35.7 Å². The summed E-state index contributed by atoms with van der Waals surface area (Å²) in [6, 6.07) is 6.71. The van der Waals surface area contributed by atoms with Crippen molar-refractivity contribution >= 4 is 5.91 Å². The van der Waals surface area contributed by atoms with E-state index in [2.05, 4.69) is 14.7 Å². The molecule has 116 valence electrons. The normalized spacial score (nSPS) is 15.6. The first kappa shape index (κ1) is 14.6. The lowest BCUT2D eigenvalue weighted by molar-refractivity contribution is -0.159. The number of aromatic nitrogens is 2.